The molecule has 100 valence electrons. The number of aliphatic hydroxyl groups is 5. The summed E-state index contributed by atoms with van der Waals surface area (Å²) in [7, 11) is 0. The maximum absolute atomic E-state index is 9.76. The first-order valence-corrected chi connectivity index (χ1v) is 4.59. The predicted molar refractivity (Wildman–Crippen MR) is 52.1 cm³/mol. The lowest BCUT2D eigenvalue weighted by molar-refractivity contribution is -0.327. The third-order valence-corrected chi connectivity index (χ3v) is 2.42. The highest BCUT2D eigenvalue weighted by Gasteiger charge is 2.56. The molecule has 0 saturated carbocycles. The molecular formula is C6H10N6O6. The van der Waals surface area contributed by atoms with Crippen LogP contribution in [0.1, 0.15) is 0 Å². The normalized spacial score (nSPS) is 41.4. The molecular weight excluding hydrogens is 252 g/mol. The lowest BCUT2D eigenvalue weighted by Gasteiger charge is -2.44. The minimum atomic E-state index is -2.83. The highest BCUT2D eigenvalue weighted by atomic mass is 16.6. The summed E-state index contributed by atoms with van der Waals surface area (Å²) >= 11 is 0. The minimum absolute atomic E-state index is 1.78. The van der Waals surface area contributed by atoms with Crippen LogP contribution in [-0.2, 0) is 4.74 Å². The summed E-state index contributed by atoms with van der Waals surface area (Å²) in [6.45, 7) is 0. The Morgan fingerprint density at radius 3 is 2.28 bits per heavy atom. The Bertz CT molecular complexity index is 407. The first kappa shape index (κ1) is 14.4. The van der Waals surface area contributed by atoms with Crippen molar-refractivity contribution in [2.75, 3.05) is 0 Å². The summed E-state index contributed by atoms with van der Waals surface area (Å²) in [4.78, 5) is 4.45. The molecule has 5 N–H and O–H groups in total. The highest BCUT2D eigenvalue weighted by Crippen LogP contribution is 2.32. The Balaban J connectivity index is 3.12. The van der Waals surface area contributed by atoms with E-state index in [9.17, 15) is 25.5 Å². The number of nitrogens with zero attached hydrogens (tertiary/aromatic N) is 6. The molecule has 6 atom stereocenters. The van der Waals surface area contributed by atoms with Crippen molar-refractivity contribution < 1.29 is 30.3 Å². The Morgan fingerprint density at radius 2 is 1.78 bits per heavy atom. The molecule has 12 heteroatoms. The lowest BCUT2D eigenvalue weighted by atomic mass is 9.92. The third-order valence-electron chi connectivity index (χ3n) is 2.42. The van der Waals surface area contributed by atoms with Crippen LogP contribution in [0.25, 0.3) is 20.9 Å². The highest BCUT2D eigenvalue weighted by molar-refractivity contribution is 5.01. The van der Waals surface area contributed by atoms with Crippen LogP contribution < -0.4 is 0 Å². The van der Waals surface area contributed by atoms with Gasteiger partial charge in [-0.2, -0.15) is 0 Å². The van der Waals surface area contributed by atoms with Gasteiger partial charge in [-0.3, -0.25) is 0 Å². The van der Waals surface area contributed by atoms with Crippen LogP contribution in [0.4, 0.5) is 0 Å². The fourth-order valence-corrected chi connectivity index (χ4v) is 1.48. The predicted octanol–water partition coefficient (Wildman–Crippen LogP) is -1.95. The van der Waals surface area contributed by atoms with Gasteiger partial charge in [0.2, 0.25) is 5.72 Å². The van der Waals surface area contributed by atoms with Crippen molar-refractivity contribution in [1.82, 2.24) is 0 Å². The van der Waals surface area contributed by atoms with Gasteiger partial charge in [-0.25, -0.2) is 0 Å². The molecule has 1 aliphatic heterocycles. The maximum Gasteiger partial charge on any atom is 0.203 e. The number of aliphatic hydroxyl groups excluding tert-OH is 4. The lowest BCUT2D eigenvalue weighted by Crippen LogP contribution is -2.67. The first-order chi connectivity index (χ1) is 8.38. The summed E-state index contributed by atoms with van der Waals surface area (Å²) in [5.41, 5.74) is 13.5. The topological polar surface area (TPSA) is 208 Å². The second kappa shape index (κ2) is 5.35. The van der Waals surface area contributed by atoms with Crippen LogP contribution in [0.2, 0.25) is 0 Å². The van der Waals surface area contributed by atoms with Crippen molar-refractivity contribution in [1.29, 1.82) is 0 Å². The molecule has 0 aromatic carbocycles. The number of hydrogen-bond donors (Lipinski definition) is 5. The molecule has 0 aromatic heterocycles. The molecule has 12 nitrogen and oxygen atoms in total. The molecule has 1 saturated heterocycles. The SMILES string of the molecule is [N-]=[N+]=NC(O)[C@H]1O[C@H](O)[C@H](O)[C@](O)(N=[N+]=[N-])[C@@H]1O. The number of hydrogen-bond acceptors (Lipinski definition) is 8. The zero-order chi connectivity index (χ0) is 13.9. The van der Waals surface area contributed by atoms with E-state index in [4.69, 9.17) is 11.1 Å². The van der Waals surface area contributed by atoms with Gasteiger partial charge in [0, 0.05) is 9.82 Å². The monoisotopic (exact) mass is 262 g/mol. The minimum Gasteiger partial charge on any atom is -0.387 e. The first-order valence-electron chi connectivity index (χ1n) is 4.59. The molecule has 0 aliphatic carbocycles. The third kappa shape index (κ3) is 2.31. The molecule has 0 amide bonds. The Kier molecular flexibility index (Phi) is 4.29. The van der Waals surface area contributed by atoms with E-state index < -0.39 is 36.6 Å². The molecule has 0 radical (unpaired) electrons. The van der Waals surface area contributed by atoms with E-state index in [1.54, 1.807) is 0 Å². The molecule has 1 aliphatic rings. The van der Waals surface area contributed by atoms with E-state index in [2.05, 4.69) is 24.8 Å². The summed E-state index contributed by atoms with van der Waals surface area (Å²) in [5.74, 6) is 0. The molecule has 1 heterocycles. The van der Waals surface area contributed by atoms with Gasteiger partial charge in [-0.15, -0.1) is 0 Å². The summed E-state index contributed by atoms with van der Waals surface area (Å²) in [6.07, 6.45) is -10.1. The average Bonchev–Trinajstić information content (AvgIpc) is 2.32. The molecule has 0 aromatic rings. The fourth-order valence-electron chi connectivity index (χ4n) is 1.48. The summed E-state index contributed by atoms with van der Waals surface area (Å²) < 4.78 is 4.56. The van der Waals surface area contributed by atoms with Crippen LogP contribution in [0, 0.1) is 0 Å². The van der Waals surface area contributed by atoms with Crippen LogP contribution in [0.5, 0.6) is 0 Å². The smallest absolute Gasteiger partial charge is 0.203 e. The second-order valence-corrected chi connectivity index (χ2v) is 3.47. The molecule has 0 bridgehead atoms. The van der Waals surface area contributed by atoms with Gasteiger partial charge >= 0.3 is 0 Å². The van der Waals surface area contributed by atoms with Gasteiger partial charge in [-0.1, -0.05) is 10.2 Å². The van der Waals surface area contributed by atoms with E-state index in [0.29, 0.717) is 0 Å². The van der Waals surface area contributed by atoms with E-state index in [-0.39, 0.29) is 0 Å². The van der Waals surface area contributed by atoms with Gasteiger partial charge in [0.25, 0.3) is 0 Å². The Morgan fingerprint density at radius 1 is 1.17 bits per heavy atom. The molecule has 1 unspecified atom stereocenters. The van der Waals surface area contributed by atoms with Crippen LogP contribution in [0.15, 0.2) is 10.2 Å². The second-order valence-electron chi connectivity index (χ2n) is 3.47. The zero-order valence-electron chi connectivity index (χ0n) is 8.71. The van der Waals surface area contributed by atoms with Gasteiger partial charge < -0.3 is 30.3 Å². The van der Waals surface area contributed by atoms with Gasteiger partial charge in [0.05, 0.1) is 0 Å². The Labute approximate surface area is 98.9 Å². The number of rotatable bonds is 3. The fraction of sp³-hybridized carbons (Fsp3) is 1.00. The average molecular weight is 262 g/mol. The van der Waals surface area contributed by atoms with Gasteiger partial charge in [0.15, 0.2) is 12.5 Å². The van der Waals surface area contributed by atoms with Gasteiger partial charge in [0.1, 0.15) is 18.3 Å². The van der Waals surface area contributed by atoms with E-state index >= 15 is 0 Å². The van der Waals surface area contributed by atoms with Crippen LogP contribution >= 0.6 is 0 Å². The van der Waals surface area contributed by atoms with Gasteiger partial charge in [-0.05, 0) is 11.1 Å². The quantitative estimate of drug-likeness (QED) is 0.221. The van der Waals surface area contributed by atoms with E-state index in [1.165, 1.54) is 0 Å². The van der Waals surface area contributed by atoms with Crippen molar-refractivity contribution in [2.45, 2.75) is 36.6 Å². The van der Waals surface area contributed by atoms with Crippen molar-refractivity contribution >= 4 is 0 Å². The summed E-state index contributed by atoms with van der Waals surface area (Å²) in [5, 5.41) is 52.9. The summed E-state index contributed by atoms with van der Waals surface area (Å²) in [6, 6.07) is 0. The van der Waals surface area contributed by atoms with Crippen molar-refractivity contribution in [3.05, 3.63) is 20.9 Å². The maximum atomic E-state index is 9.76. The Hall–Kier alpha value is -1.62. The van der Waals surface area contributed by atoms with Crippen molar-refractivity contribution in [3.63, 3.8) is 0 Å². The molecule has 0 spiro atoms. The van der Waals surface area contributed by atoms with Crippen LogP contribution in [0.3, 0.4) is 0 Å². The zero-order valence-corrected chi connectivity index (χ0v) is 8.71. The molecule has 1 fully saturated rings. The van der Waals surface area contributed by atoms with Crippen LogP contribution in [-0.4, -0.2) is 62.1 Å². The largest absolute Gasteiger partial charge is 0.387 e. The molecule has 1 rings (SSSR count). The van der Waals surface area contributed by atoms with E-state index in [0.717, 1.165) is 0 Å². The standard InChI is InChI=1S/C6H10N6O6/c7-11-9-4(15)1-2(13)6(17,10-12-8)3(14)5(16)18-1/h1-5,13-17H/t1-,2+,3-,4?,5-,6-/m0/s1. The number of ether oxygens (including phenoxy) is 1. The van der Waals surface area contributed by atoms with E-state index in [1.807, 2.05) is 0 Å². The van der Waals surface area contributed by atoms with Crippen molar-refractivity contribution in [2.24, 2.45) is 10.2 Å². The molecule has 18 heavy (non-hydrogen) atoms. The number of azide groups is 2. The van der Waals surface area contributed by atoms with Crippen molar-refractivity contribution in [3.8, 4) is 0 Å².